The molecule has 0 saturated heterocycles. The van der Waals surface area contributed by atoms with E-state index in [0.29, 0.717) is 37.7 Å². The van der Waals surface area contributed by atoms with Gasteiger partial charge in [-0.1, -0.05) is 59.1 Å². The number of benzene rings is 3. The molecular formula is C25H17Cl3N2O5S. The molecule has 0 amide bonds. The number of aromatic nitrogens is 2. The molecule has 1 N–H and O–H groups in total. The molecule has 1 heterocycles. The summed E-state index contributed by atoms with van der Waals surface area (Å²) < 4.78 is 16.9. The summed E-state index contributed by atoms with van der Waals surface area (Å²) in [7, 11) is 1.51. The number of aliphatic carboxylic acids is 1. The average Bonchev–Trinajstić information content (AvgIpc) is 3.33. The number of rotatable bonds is 9. The SMILES string of the molecule is COc1ccc(Cl)cc1-c1nnc(S/C(=C\c2ccccc2OCc2ccc(Cl)c(Cl)c2)C(=O)O)o1. The van der Waals surface area contributed by atoms with Crippen LogP contribution in [-0.2, 0) is 11.4 Å². The van der Waals surface area contributed by atoms with Gasteiger partial charge in [-0.25, -0.2) is 4.79 Å². The van der Waals surface area contributed by atoms with Gasteiger partial charge in [-0.2, -0.15) is 0 Å². The van der Waals surface area contributed by atoms with Gasteiger partial charge in [-0.3, -0.25) is 0 Å². The van der Waals surface area contributed by atoms with Crippen molar-refractivity contribution in [1.82, 2.24) is 10.2 Å². The zero-order valence-corrected chi connectivity index (χ0v) is 21.7. The fourth-order valence-electron chi connectivity index (χ4n) is 3.10. The molecule has 0 unspecified atom stereocenters. The second-order valence-corrected chi connectivity index (χ2v) is 9.45. The first kappa shape index (κ1) is 25.9. The summed E-state index contributed by atoms with van der Waals surface area (Å²) in [5, 5.41) is 19.1. The van der Waals surface area contributed by atoms with Gasteiger partial charge in [0.25, 0.3) is 11.1 Å². The number of hydrogen-bond donors (Lipinski definition) is 1. The van der Waals surface area contributed by atoms with E-state index in [1.165, 1.54) is 13.2 Å². The van der Waals surface area contributed by atoms with Gasteiger partial charge < -0.3 is 19.0 Å². The van der Waals surface area contributed by atoms with Crippen LogP contribution in [0.15, 0.2) is 75.2 Å². The maximum Gasteiger partial charge on any atom is 0.342 e. The van der Waals surface area contributed by atoms with Crippen molar-refractivity contribution in [2.24, 2.45) is 0 Å². The maximum atomic E-state index is 12.0. The lowest BCUT2D eigenvalue weighted by Gasteiger charge is -2.10. The molecule has 184 valence electrons. The molecule has 0 aliphatic carbocycles. The van der Waals surface area contributed by atoms with Crippen molar-refractivity contribution in [2.45, 2.75) is 11.8 Å². The Morgan fingerprint density at radius 1 is 1.03 bits per heavy atom. The number of halogens is 3. The van der Waals surface area contributed by atoms with Crippen molar-refractivity contribution in [3.63, 3.8) is 0 Å². The number of carbonyl (C=O) groups is 1. The molecule has 0 fully saturated rings. The highest BCUT2D eigenvalue weighted by Gasteiger charge is 2.19. The number of carboxylic acids is 1. The smallest absolute Gasteiger partial charge is 0.342 e. The van der Waals surface area contributed by atoms with Crippen LogP contribution in [0, 0.1) is 0 Å². The van der Waals surface area contributed by atoms with E-state index >= 15 is 0 Å². The van der Waals surface area contributed by atoms with Crippen molar-refractivity contribution < 1.29 is 23.8 Å². The minimum Gasteiger partial charge on any atom is -0.496 e. The van der Waals surface area contributed by atoms with Gasteiger partial charge >= 0.3 is 5.97 Å². The second kappa shape index (κ2) is 11.7. The minimum absolute atomic E-state index is 0.0369. The first-order valence-electron chi connectivity index (χ1n) is 10.3. The van der Waals surface area contributed by atoms with E-state index < -0.39 is 5.97 Å². The standard InChI is InChI=1S/C25H17Cl3N2O5S/c1-33-21-9-7-16(26)12-17(21)23-29-30-25(35-23)36-22(24(31)32)11-15-4-2-3-5-20(15)34-13-14-6-8-18(27)19(28)10-14/h2-12H,13H2,1H3,(H,31,32)/b22-11-. The maximum absolute atomic E-state index is 12.0. The van der Waals surface area contributed by atoms with E-state index in [1.807, 2.05) is 0 Å². The minimum atomic E-state index is -1.17. The van der Waals surface area contributed by atoms with Gasteiger partial charge in [0.2, 0.25) is 0 Å². The van der Waals surface area contributed by atoms with E-state index in [9.17, 15) is 9.90 Å². The van der Waals surface area contributed by atoms with Crippen LogP contribution < -0.4 is 9.47 Å². The number of hydrogen-bond acceptors (Lipinski definition) is 7. The number of methoxy groups -OCH3 is 1. The number of ether oxygens (including phenoxy) is 2. The normalized spacial score (nSPS) is 11.4. The zero-order chi connectivity index (χ0) is 25.7. The molecule has 3 aromatic carbocycles. The Balaban J connectivity index is 1.56. The highest BCUT2D eigenvalue weighted by molar-refractivity contribution is 8.03. The topological polar surface area (TPSA) is 94.7 Å². The number of nitrogens with zero attached hydrogens (tertiary/aromatic N) is 2. The lowest BCUT2D eigenvalue weighted by Crippen LogP contribution is -1.99. The summed E-state index contributed by atoms with van der Waals surface area (Å²) in [4.78, 5) is 12.0. The van der Waals surface area contributed by atoms with E-state index in [4.69, 9.17) is 48.7 Å². The summed E-state index contributed by atoms with van der Waals surface area (Å²) in [5.41, 5.74) is 1.86. The summed E-state index contributed by atoms with van der Waals surface area (Å²) in [6.07, 6.45) is 1.47. The molecular weight excluding hydrogens is 547 g/mol. The quantitative estimate of drug-likeness (QED) is 0.165. The highest BCUT2D eigenvalue weighted by Crippen LogP contribution is 2.35. The summed E-state index contributed by atoms with van der Waals surface area (Å²) in [6.45, 7) is 0.214. The fraction of sp³-hybridized carbons (Fsp3) is 0.0800. The lowest BCUT2D eigenvalue weighted by atomic mass is 10.2. The number of thioether (sulfide) groups is 1. The predicted octanol–water partition coefficient (Wildman–Crippen LogP) is 7.50. The van der Waals surface area contributed by atoms with Gasteiger partial charge in [0, 0.05) is 10.6 Å². The molecule has 4 aromatic rings. The summed E-state index contributed by atoms with van der Waals surface area (Å²) in [5.74, 6) is -0.0502. The van der Waals surface area contributed by atoms with Crippen LogP contribution in [0.4, 0.5) is 0 Å². The van der Waals surface area contributed by atoms with Crippen LogP contribution in [-0.4, -0.2) is 28.4 Å². The van der Waals surface area contributed by atoms with E-state index in [-0.39, 0.29) is 22.6 Å². The largest absolute Gasteiger partial charge is 0.496 e. The third-order valence-corrected chi connectivity index (χ3v) is 6.62. The molecule has 0 radical (unpaired) electrons. The van der Waals surface area contributed by atoms with E-state index in [2.05, 4.69) is 10.2 Å². The molecule has 0 aliphatic heterocycles. The van der Waals surface area contributed by atoms with Crippen LogP contribution in [0.3, 0.4) is 0 Å². The number of carboxylic acid groups (broad SMARTS) is 1. The van der Waals surface area contributed by atoms with Crippen molar-refractivity contribution in [2.75, 3.05) is 7.11 Å². The molecule has 4 rings (SSSR count). The van der Waals surface area contributed by atoms with E-state index in [0.717, 1.165) is 17.3 Å². The Bertz CT molecular complexity index is 1440. The van der Waals surface area contributed by atoms with Crippen LogP contribution in [0.5, 0.6) is 11.5 Å². The van der Waals surface area contributed by atoms with Crippen molar-refractivity contribution in [3.8, 4) is 23.0 Å². The van der Waals surface area contributed by atoms with Gasteiger partial charge in [-0.05, 0) is 59.8 Å². The Kier molecular flexibility index (Phi) is 8.43. The number of para-hydroxylation sites is 1. The van der Waals surface area contributed by atoms with Crippen LogP contribution in [0.25, 0.3) is 17.5 Å². The van der Waals surface area contributed by atoms with Crippen molar-refractivity contribution >= 4 is 58.6 Å². The first-order chi connectivity index (χ1) is 17.3. The monoisotopic (exact) mass is 562 g/mol. The molecule has 11 heteroatoms. The lowest BCUT2D eigenvalue weighted by molar-refractivity contribution is -0.131. The molecule has 1 aromatic heterocycles. The molecule has 0 aliphatic rings. The van der Waals surface area contributed by atoms with Gasteiger partial charge in [-0.15, -0.1) is 10.2 Å². The van der Waals surface area contributed by atoms with Crippen LogP contribution in [0.1, 0.15) is 11.1 Å². The Morgan fingerprint density at radius 2 is 1.83 bits per heavy atom. The molecule has 0 bridgehead atoms. The molecule has 0 spiro atoms. The Labute approximate surface area is 225 Å². The van der Waals surface area contributed by atoms with Crippen molar-refractivity contribution in [3.05, 3.63) is 91.8 Å². The van der Waals surface area contributed by atoms with Gasteiger partial charge in [0.15, 0.2) is 0 Å². The van der Waals surface area contributed by atoms with Crippen molar-refractivity contribution in [1.29, 1.82) is 0 Å². The second-order valence-electron chi connectivity index (χ2n) is 7.21. The molecule has 36 heavy (non-hydrogen) atoms. The third-order valence-electron chi connectivity index (χ3n) is 4.79. The molecule has 0 atom stereocenters. The van der Waals surface area contributed by atoms with E-state index in [1.54, 1.807) is 60.7 Å². The Hall–Kier alpha value is -3.17. The van der Waals surface area contributed by atoms with Crippen LogP contribution in [0.2, 0.25) is 15.1 Å². The van der Waals surface area contributed by atoms with Gasteiger partial charge in [0.05, 0.1) is 22.7 Å². The fourth-order valence-corrected chi connectivity index (χ4v) is 4.26. The summed E-state index contributed by atoms with van der Waals surface area (Å²) >= 11 is 18.9. The van der Waals surface area contributed by atoms with Crippen LogP contribution >= 0.6 is 46.6 Å². The van der Waals surface area contributed by atoms with Gasteiger partial charge in [0.1, 0.15) is 23.0 Å². The predicted molar refractivity (Wildman–Crippen MR) is 140 cm³/mol. The average molecular weight is 564 g/mol. The first-order valence-corrected chi connectivity index (χ1v) is 12.2. The highest BCUT2D eigenvalue weighted by atomic mass is 35.5. The molecule has 0 saturated carbocycles. The molecule has 7 nitrogen and oxygen atoms in total. The third kappa shape index (κ3) is 6.33. The Morgan fingerprint density at radius 3 is 2.58 bits per heavy atom. The summed E-state index contributed by atoms with van der Waals surface area (Å²) in [6, 6.07) is 17.2. The zero-order valence-electron chi connectivity index (χ0n) is 18.6.